The first kappa shape index (κ1) is 12.2. The number of methoxy groups -OCH3 is 1. The Balaban J connectivity index is 1.95. The molecule has 0 atom stereocenters. The van der Waals surface area contributed by atoms with E-state index in [1.807, 2.05) is 18.2 Å². The van der Waals surface area contributed by atoms with E-state index in [1.165, 1.54) is 0 Å². The van der Waals surface area contributed by atoms with Crippen LogP contribution in [0.4, 0.5) is 5.95 Å². The van der Waals surface area contributed by atoms with Crippen molar-refractivity contribution in [2.45, 2.75) is 6.42 Å². The molecule has 0 aliphatic rings. The van der Waals surface area contributed by atoms with Crippen molar-refractivity contribution in [1.29, 1.82) is 0 Å². The molecular formula is C12H16N4O2. The molecular weight excluding hydrogens is 232 g/mol. The molecule has 0 aliphatic carbocycles. The molecule has 1 aromatic carbocycles. The van der Waals surface area contributed by atoms with Crippen LogP contribution in [0.3, 0.4) is 0 Å². The second-order valence-electron chi connectivity index (χ2n) is 3.82. The van der Waals surface area contributed by atoms with Gasteiger partial charge in [-0.25, -0.2) is 4.98 Å². The summed E-state index contributed by atoms with van der Waals surface area (Å²) in [5.41, 5.74) is 1.83. The van der Waals surface area contributed by atoms with E-state index in [2.05, 4.69) is 20.6 Å². The van der Waals surface area contributed by atoms with Crippen molar-refractivity contribution in [1.82, 2.24) is 15.3 Å². The molecule has 0 saturated carbocycles. The zero-order chi connectivity index (χ0) is 12.8. The fourth-order valence-corrected chi connectivity index (χ4v) is 1.66. The van der Waals surface area contributed by atoms with E-state index in [9.17, 15) is 4.79 Å². The maximum absolute atomic E-state index is 10.1. The predicted octanol–water partition coefficient (Wildman–Crippen LogP) is 1.12. The van der Waals surface area contributed by atoms with Gasteiger partial charge in [0.1, 0.15) is 5.75 Å². The quantitative estimate of drug-likeness (QED) is 0.507. The first-order valence-electron chi connectivity index (χ1n) is 5.78. The van der Waals surface area contributed by atoms with Gasteiger partial charge < -0.3 is 20.4 Å². The summed E-state index contributed by atoms with van der Waals surface area (Å²) in [6.45, 7) is 1.41. The van der Waals surface area contributed by atoms with E-state index < -0.39 is 0 Å². The van der Waals surface area contributed by atoms with Gasteiger partial charge in [0.2, 0.25) is 12.4 Å². The van der Waals surface area contributed by atoms with Gasteiger partial charge in [-0.05, 0) is 18.6 Å². The van der Waals surface area contributed by atoms with Gasteiger partial charge in [0.25, 0.3) is 0 Å². The molecule has 6 nitrogen and oxygen atoms in total. The van der Waals surface area contributed by atoms with Gasteiger partial charge >= 0.3 is 0 Å². The highest BCUT2D eigenvalue weighted by atomic mass is 16.5. The summed E-state index contributed by atoms with van der Waals surface area (Å²) in [4.78, 5) is 17.6. The molecule has 3 N–H and O–H groups in total. The summed E-state index contributed by atoms with van der Waals surface area (Å²) in [5, 5.41) is 5.78. The summed E-state index contributed by atoms with van der Waals surface area (Å²) in [5.74, 6) is 1.53. The molecule has 96 valence electrons. The number of imidazole rings is 1. The van der Waals surface area contributed by atoms with Crippen LogP contribution in [0.25, 0.3) is 11.0 Å². The number of rotatable bonds is 7. The number of hydrogen-bond donors (Lipinski definition) is 3. The molecule has 0 saturated heterocycles. The highest BCUT2D eigenvalue weighted by Crippen LogP contribution is 2.20. The minimum atomic E-state index is 0.657. The number of ether oxygens (including phenoxy) is 1. The van der Waals surface area contributed by atoms with Crippen LogP contribution in [-0.4, -0.2) is 36.6 Å². The predicted molar refractivity (Wildman–Crippen MR) is 69.8 cm³/mol. The monoisotopic (exact) mass is 248 g/mol. The van der Waals surface area contributed by atoms with Crippen LogP contribution < -0.4 is 15.4 Å². The summed E-state index contributed by atoms with van der Waals surface area (Å²) in [6, 6.07) is 5.69. The summed E-state index contributed by atoms with van der Waals surface area (Å²) in [6.07, 6.45) is 1.55. The molecule has 0 unspecified atom stereocenters. The van der Waals surface area contributed by atoms with Crippen molar-refractivity contribution < 1.29 is 9.53 Å². The van der Waals surface area contributed by atoms with Gasteiger partial charge in [0, 0.05) is 19.2 Å². The smallest absolute Gasteiger partial charge is 0.207 e. The number of benzene rings is 1. The van der Waals surface area contributed by atoms with Crippen molar-refractivity contribution in [3.05, 3.63) is 18.2 Å². The Morgan fingerprint density at radius 2 is 2.33 bits per heavy atom. The lowest BCUT2D eigenvalue weighted by Gasteiger charge is -2.01. The van der Waals surface area contributed by atoms with Crippen LogP contribution in [0.1, 0.15) is 6.42 Å². The highest BCUT2D eigenvalue weighted by molar-refractivity contribution is 5.79. The minimum absolute atomic E-state index is 0.657. The van der Waals surface area contributed by atoms with Gasteiger partial charge in [-0.3, -0.25) is 4.79 Å². The van der Waals surface area contributed by atoms with Crippen molar-refractivity contribution in [3.8, 4) is 5.75 Å². The Kier molecular flexibility index (Phi) is 4.01. The van der Waals surface area contributed by atoms with Crippen LogP contribution in [0, 0.1) is 0 Å². The van der Waals surface area contributed by atoms with Crippen molar-refractivity contribution in [2.24, 2.45) is 0 Å². The van der Waals surface area contributed by atoms with Crippen LogP contribution in [-0.2, 0) is 4.79 Å². The first-order valence-corrected chi connectivity index (χ1v) is 5.78. The Hall–Kier alpha value is -2.24. The van der Waals surface area contributed by atoms with Crippen molar-refractivity contribution in [2.75, 3.05) is 25.5 Å². The van der Waals surface area contributed by atoms with Crippen LogP contribution in [0.5, 0.6) is 5.75 Å². The van der Waals surface area contributed by atoms with E-state index >= 15 is 0 Å². The molecule has 0 fully saturated rings. The SMILES string of the molecule is COc1ccc2nc(NCCCNC=O)[nH]c2c1. The molecule has 2 rings (SSSR count). The van der Waals surface area contributed by atoms with E-state index in [0.29, 0.717) is 13.0 Å². The Labute approximate surface area is 105 Å². The number of hydrogen-bond acceptors (Lipinski definition) is 4. The van der Waals surface area contributed by atoms with E-state index in [4.69, 9.17) is 4.74 Å². The number of nitrogens with zero attached hydrogens (tertiary/aromatic N) is 1. The molecule has 2 aromatic rings. The molecule has 0 aliphatic heterocycles. The molecule has 1 heterocycles. The van der Waals surface area contributed by atoms with E-state index in [1.54, 1.807) is 7.11 Å². The minimum Gasteiger partial charge on any atom is -0.497 e. The average Bonchev–Trinajstić information content (AvgIpc) is 2.80. The zero-order valence-electron chi connectivity index (χ0n) is 10.2. The number of aromatic nitrogens is 2. The topological polar surface area (TPSA) is 79.0 Å². The van der Waals surface area contributed by atoms with Crippen LogP contribution >= 0.6 is 0 Å². The molecule has 0 bridgehead atoms. The zero-order valence-corrected chi connectivity index (χ0v) is 10.2. The van der Waals surface area contributed by atoms with Crippen molar-refractivity contribution >= 4 is 23.4 Å². The van der Waals surface area contributed by atoms with Gasteiger partial charge in [-0.1, -0.05) is 0 Å². The number of fused-ring (bicyclic) bond motifs is 1. The van der Waals surface area contributed by atoms with Gasteiger partial charge in [0.15, 0.2) is 0 Å². The maximum atomic E-state index is 10.1. The maximum Gasteiger partial charge on any atom is 0.207 e. The third-order valence-corrected chi connectivity index (χ3v) is 2.56. The first-order chi connectivity index (χ1) is 8.83. The lowest BCUT2D eigenvalue weighted by molar-refractivity contribution is -0.109. The fraction of sp³-hybridized carbons (Fsp3) is 0.333. The second-order valence-corrected chi connectivity index (χ2v) is 3.82. The normalized spacial score (nSPS) is 10.3. The molecule has 1 amide bonds. The number of amides is 1. The molecule has 0 spiro atoms. The lowest BCUT2D eigenvalue weighted by atomic mass is 10.3. The Bertz CT molecular complexity index is 524. The molecule has 0 radical (unpaired) electrons. The second kappa shape index (κ2) is 5.90. The average molecular weight is 248 g/mol. The fourth-order valence-electron chi connectivity index (χ4n) is 1.66. The largest absolute Gasteiger partial charge is 0.497 e. The number of aromatic amines is 1. The third-order valence-electron chi connectivity index (χ3n) is 2.56. The van der Waals surface area contributed by atoms with Crippen LogP contribution in [0.15, 0.2) is 18.2 Å². The summed E-state index contributed by atoms with van der Waals surface area (Å²) in [7, 11) is 1.64. The summed E-state index contributed by atoms with van der Waals surface area (Å²) >= 11 is 0. The number of H-pyrrole nitrogens is 1. The molecule has 1 aromatic heterocycles. The number of anilines is 1. The highest BCUT2D eigenvalue weighted by Gasteiger charge is 2.03. The third kappa shape index (κ3) is 2.91. The standard InChI is InChI=1S/C12H16N4O2/c1-18-9-3-4-10-11(7-9)16-12(15-10)14-6-2-5-13-8-17/h3-4,7-8H,2,5-6H2,1H3,(H,13,17)(H2,14,15,16). The Morgan fingerprint density at radius 1 is 1.44 bits per heavy atom. The lowest BCUT2D eigenvalue weighted by Crippen LogP contribution is -2.16. The van der Waals surface area contributed by atoms with Gasteiger partial charge in [0.05, 0.1) is 18.1 Å². The van der Waals surface area contributed by atoms with Crippen LogP contribution in [0.2, 0.25) is 0 Å². The Morgan fingerprint density at radius 3 is 3.11 bits per heavy atom. The number of nitrogens with one attached hydrogen (secondary N) is 3. The molecule has 6 heteroatoms. The van der Waals surface area contributed by atoms with E-state index in [0.717, 1.165) is 35.7 Å². The number of carbonyl (C=O) groups excluding carboxylic acids is 1. The molecule has 18 heavy (non-hydrogen) atoms. The summed E-state index contributed by atoms with van der Waals surface area (Å²) < 4.78 is 5.15. The van der Waals surface area contributed by atoms with Gasteiger partial charge in [-0.2, -0.15) is 0 Å². The van der Waals surface area contributed by atoms with Gasteiger partial charge in [-0.15, -0.1) is 0 Å². The number of carbonyl (C=O) groups is 1. The van der Waals surface area contributed by atoms with Crippen molar-refractivity contribution in [3.63, 3.8) is 0 Å². The van der Waals surface area contributed by atoms with E-state index in [-0.39, 0.29) is 0 Å².